The van der Waals surface area contributed by atoms with Crippen molar-refractivity contribution < 1.29 is 0 Å². The number of nitrogens with zero attached hydrogens (tertiary/aromatic N) is 1. The highest BCUT2D eigenvalue weighted by molar-refractivity contribution is 6.12. The zero-order valence-corrected chi connectivity index (χ0v) is 22.4. The van der Waals surface area contributed by atoms with E-state index in [1.54, 1.807) is 0 Å². The molecule has 1 heteroatoms. The third-order valence-electron chi connectivity index (χ3n) is 7.94. The first kappa shape index (κ1) is 22.8. The molecule has 1 aliphatic rings. The highest BCUT2D eigenvalue weighted by Crippen LogP contribution is 2.50. The molecular weight excluding hydrogens is 458 g/mol. The molecule has 0 amide bonds. The lowest BCUT2D eigenvalue weighted by Crippen LogP contribution is -2.11. The Balaban J connectivity index is 1.39. The van der Waals surface area contributed by atoms with Crippen LogP contribution in [0.3, 0.4) is 0 Å². The van der Waals surface area contributed by atoms with E-state index in [9.17, 15) is 0 Å². The SMILES string of the molecule is Cc1cc(C)cc(N(c2cccc(C(C)C)c2)c2ccc3cc4c(cc3c2)-c2cc3ccccc3cc2-4)c1. The summed E-state index contributed by atoms with van der Waals surface area (Å²) in [7, 11) is 0. The molecule has 184 valence electrons. The van der Waals surface area contributed by atoms with Gasteiger partial charge in [-0.3, -0.25) is 0 Å². The van der Waals surface area contributed by atoms with Gasteiger partial charge in [-0.15, -0.1) is 0 Å². The smallest absolute Gasteiger partial charge is 0.0468 e. The Bertz CT molecular complexity index is 1850. The molecule has 0 aliphatic heterocycles. The molecule has 0 saturated heterocycles. The van der Waals surface area contributed by atoms with Gasteiger partial charge >= 0.3 is 0 Å². The van der Waals surface area contributed by atoms with Crippen molar-refractivity contribution in [3.05, 3.63) is 126 Å². The van der Waals surface area contributed by atoms with E-state index in [2.05, 4.69) is 142 Å². The molecule has 0 aromatic heterocycles. The first-order valence-corrected chi connectivity index (χ1v) is 13.5. The fraction of sp³-hybridized carbons (Fsp3) is 0.135. The van der Waals surface area contributed by atoms with Crippen LogP contribution >= 0.6 is 0 Å². The molecule has 0 heterocycles. The molecule has 0 radical (unpaired) electrons. The van der Waals surface area contributed by atoms with Gasteiger partial charge in [0, 0.05) is 17.1 Å². The second kappa shape index (κ2) is 8.60. The molecule has 0 saturated carbocycles. The lowest BCUT2D eigenvalue weighted by atomic mass is 9.78. The maximum absolute atomic E-state index is 2.41. The van der Waals surface area contributed by atoms with Crippen LogP contribution in [-0.4, -0.2) is 0 Å². The molecule has 0 N–H and O–H groups in total. The Kier molecular flexibility index (Phi) is 5.16. The van der Waals surface area contributed by atoms with Gasteiger partial charge in [-0.1, -0.05) is 62.4 Å². The summed E-state index contributed by atoms with van der Waals surface area (Å²) in [6, 6.07) is 40.8. The molecule has 0 bridgehead atoms. The largest absolute Gasteiger partial charge is 0.310 e. The average molecular weight is 490 g/mol. The molecule has 38 heavy (non-hydrogen) atoms. The van der Waals surface area contributed by atoms with Crippen molar-refractivity contribution in [2.75, 3.05) is 4.90 Å². The fourth-order valence-electron chi connectivity index (χ4n) is 6.04. The number of hydrogen-bond acceptors (Lipinski definition) is 1. The molecule has 0 unspecified atom stereocenters. The highest BCUT2D eigenvalue weighted by atomic mass is 15.1. The first-order valence-electron chi connectivity index (χ1n) is 13.5. The number of hydrogen-bond donors (Lipinski definition) is 0. The van der Waals surface area contributed by atoms with Gasteiger partial charge < -0.3 is 4.90 Å². The molecule has 0 atom stereocenters. The normalized spacial score (nSPS) is 11.9. The lowest BCUT2D eigenvalue weighted by Gasteiger charge is -2.28. The maximum atomic E-state index is 2.41. The summed E-state index contributed by atoms with van der Waals surface area (Å²) in [5.41, 5.74) is 12.9. The Morgan fingerprint density at radius 2 is 1.00 bits per heavy atom. The van der Waals surface area contributed by atoms with Crippen molar-refractivity contribution in [2.45, 2.75) is 33.6 Å². The summed E-state index contributed by atoms with van der Waals surface area (Å²) in [6.07, 6.45) is 0. The van der Waals surface area contributed by atoms with Crippen molar-refractivity contribution in [1.82, 2.24) is 0 Å². The minimum absolute atomic E-state index is 0.475. The third-order valence-corrected chi connectivity index (χ3v) is 7.94. The number of anilines is 3. The van der Waals surface area contributed by atoms with Crippen LogP contribution in [0.2, 0.25) is 0 Å². The summed E-state index contributed by atoms with van der Waals surface area (Å²) in [5.74, 6) is 0.475. The van der Waals surface area contributed by atoms with Gasteiger partial charge in [0.25, 0.3) is 0 Å². The number of rotatable bonds is 4. The van der Waals surface area contributed by atoms with Crippen LogP contribution in [-0.2, 0) is 0 Å². The maximum Gasteiger partial charge on any atom is 0.0468 e. The summed E-state index contributed by atoms with van der Waals surface area (Å²) >= 11 is 0. The van der Waals surface area contributed by atoms with Crippen LogP contribution in [0, 0.1) is 13.8 Å². The highest BCUT2D eigenvalue weighted by Gasteiger charge is 2.24. The average Bonchev–Trinajstić information content (AvgIpc) is 2.91. The lowest BCUT2D eigenvalue weighted by molar-refractivity contribution is 0.866. The first-order chi connectivity index (χ1) is 18.4. The second-order valence-electron chi connectivity index (χ2n) is 11.1. The van der Waals surface area contributed by atoms with Gasteiger partial charge in [0.05, 0.1) is 0 Å². The molecule has 6 aromatic rings. The van der Waals surface area contributed by atoms with Crippen LogP contribution in [0.4, 0.5) is 17.1 Å². The third kappa shape index (κ3) is 3.70. The van der Waals surface area contributed by atoms with Crippen molar-refractivity contribution in [3.63, 3.8) is 0 Å². The standard InChI is InChI=1S/C37H31N/c1-23(2)26-10-7-11-31(17-26)38(33-15-24(3)14-25(4)16-33)32-13-12-29-21-36-34-19-27-8-5-6-9-28(27)20-35(34)37(36)22-30(29)18-32/h5-23H,1-4H3. The Morgan fingerprint density at radius 3 is 1.61 bits per heavy atom. The fourth-order valence-corrected chi connectivity index (χ4v) is 6.04. The van der Waals surface area contributed by atoms with Crippen LogP contribution in [0.5, 0.6) is 0 Å². The van der Waals surface area contributed by atoms with Crippen molar-refractivity contribution in [1.29, 1.82) is 0 Å². The second-order valence-corrected chi connectivity index (χ2v) is 11.1. The summed E-state index contributed by atoms with van der Waals surface area (Å²) in [5, 5.41) is 5.16. The monoisotopic (exact) mass is 489 g/mol. The molecule has 7 rings (SSSR count). The molecule has 0 spiro atoms. The molecule has 1 nitrogen and oxygen atoms in total. The predicted molar refractivity (Wildman–Crippen MR) is 164 cm³/mol. The van der Waals surface area contributed by atoms with Crippen LogP contribution in [0.25, 0.3) is 43.8 Å². The van der Waals surface area contributed by atoms with E-state index < -0.39 is 0 Å². The van der Waals surface area contributed by atoms with Gasteiger partial charge in [0.2, 0.25) is 0 Å². The molecule has 0 fully saturated rings. The molecule has 1 aliphatic carbocycles. The van der Waals surface area contributed by atoms with Gasteiger partial charge in [0.1, 0.15) is 0 Å². The van der Waals surface area contributed by atoms with E-state index in [4.69, 9.17) is 0 Å². The van der Waals surface area contributed by atoms with Crippen molar-refractivity contribution >= 4 is 38.6 Å². The van der Waals surface area contributed by atoms with E-state index in [0.717, 1.165) is 0 Å². The van der Waals surface area contributed by atoms with Gasteiger partial charge in [-0.25, -0.2) is 0 Å². The zero-order chi connectivity index (χ0) is 26.0. The number of fused-ring (bicyclic) bond motifs is 6. The van der Waals surface area contributed by atoms with Crippen LogP contribution in [0.15, 0.2) is 109 Å². The van der Waals surface area contributed by atoms with Crippen LogP contribution in [0.1, 0.15) is 36.5 Å². The van der Waals surface area contributed by atoms with E-state index in [1.165, 1.54) is 77.6 Å². The van der Waals surface area contributed by atoms with Gasteiger partial charge in [-0.2, -0.15) is 0 Å². The van der Waals surface area contributed by atoms with E-state index in [1.807, 2.05) is 0 Å². The zero-order valence-electron chi connectivity index (χ0n) is 22.4. The minimum Gasteiger partial charge on any atom is -0.310 e. The molecular formula is C37H31N. The summed E-state index contributed by atoms with van der Waals surface area (Å²) in [6.45, 7) is 8.88. The van der Waals surface area contributed by atoms with E-state index in [0.29, 0.717) is 5.92 Å². The topological polar surface area (TPSA) is 3.24 Å². The van der Waals surface area contributed by atoms with E-state index in [-0.39, 0.29) is 0 Å². The van der Waals surface area contributed by atoms with Gasteiger partial charge in [0.15, 0.2) is 0 Å². The van der Waals surface area contributed by atoms with Crippen LogP contribution < -0.4 is 4.90 Å². The predicted octanol–water partition coefficient (Wildman–Crippen LogP) is 10.9. The van der Waals surface area contributed by atoms with Crippen molar-refractivity contribution in [3.8, 4) is 22.3 Å². The summed E-state index contributed by atoms with van der Waals surface area (Å²) < 4.78 is 0. The van der Waals surface area contributed by atoms with Crippen molar-refractivity contribution in [2.24, 2.45) is 0 Å². The van der Waals surface area contributed by atoms with Gasteiger partial charge in [-0.05, 0) is 141 Å². The summed E-state index contributed by atoms with van der Waals surface area (Å²) in [4.78, 5) is 2.41. The Hall–Kier alpha value is -4.36. The number of benzene rings is 6. The number of aryl methyl sites for hydroxylation is 2. The molecule has 6 aromatic carbocycles. The Labute approximate surface area is 225 Å². The minimum atomic E-state index is 0.475. The Morgan fingerprint density at radius 1 is 0.447 bits per heavy atom. The van der Waals surface area contributed by atoms with E-state index >= 15 is 0 Å². The quantitative estimate of drug-likeness (QED) is 0.238.